The fourth-order valence-electron chi connectivity index (χ4n) is 3.59. The molecule has 2 aromatic heterocycles. The van der Waals surface area contributed by atoms with Crippen LogP contribution >= 0.6 is 0 Å². The number of H-pyrrole nitrogens is 2. The summed E-state index contributed by atoms with van der Waals surface area (Å²) in [7, 11) is -3.93. The van der Waals surface area contributed by atoms with Crippen LogP contribution in [0.5, 0.6) is 5.88 Å². The first-order valence-electron chi connectivity index (χ1n) is 10.0. The lowest BCUT2D eigenvalue weighted by Crippen LogP contribution is -2.38. The van der Waals surface area contributed by atoms with Crippen LogP contribution in [0, 0.1) is 0 Å². The van der Waals surface area contributed by atoms with Crippen LogP contribution in [0.15, 0.2) is 95.9 Å². The predicted molar refractivity (Wildman–Crippen MR) is 122 cm³/mol. The quantitative estimate of drug-likeness (QED) is 0.396. The van der Waals surface area contributed by atoms with Gasteiger partial charge in [0.1, 0.15) is 5.69 Å². The van der Waals surface area contributed by atoms with Gasteiger partial charge in [-0.1, -0.05) is 60.7 Å². The van der Waals surface area contributed by atoms with Gasteiger partial charge in [-0.05, 0) is 31.2 Å². The maximum Gasteiger partial charge on any atom is 0.237 e. The normalized spacial score (nSPS) is 13.7. The van der Waals surface area contributed by atoms with E-state index >= 15 is 0 Å². The van der Waals surface area contributed by atoms with Crippen LogP contribution in [0.25, 0.3) is 22.6 Å². The van der Waals surface area contributed by atoms with Crippen LogP contribution in [0.4, 0.5) is 0 Å². The van der Waals surface area contributed by atoms with Crippen molar-refractivity contribution in [3.63, 3.8) is 0 Å². The molecule has 0 spiro atoms. The van der Waals surface area contributed by atoms with E-state index in [1.807, 2.05) is 30.3 Å². The van der Waals surface area contributed by atoms with E-state index in [0.29, 0.717) is 17.1 Å². The molecule has 0 aliphatic heterocycles. The Morgan fingerprint density at radius 1 is 0.875 bits per heavy atom. The summed E-state index contributed by atoms with van der Waals surface area (Å²) in [6, 6.07) is 26.4. The number of nitrogens with one attached hydrogen (secondary N) is 2. The van der Waals surface area contributed by atoms with Gasteiger partial charge in [0.05, 0.1) is 15.9 Å². The second-order valence-corrected chi connectivity index (χ2v) is 9.71. The van der Waals surface area contributed by atoms with Crippen molar-refractivity contribution in [1.82, 2.24) is 20.2 Å². The molecule has 0 saturated heterocycles. The molecule has 0 radical (unpaired) electrons. The first kappa shape index (κ1) is 20.0. The van der Waals surface area contributed by atoms with E-state index in [-0.39, 0.29) is 10.8 Å². The summed E-state index contributed by atoms with van der Waals surface area (Å²) in [5.41, 5.74) is 2.79. The molecule has 32 heavy (non-hydrogen) atoms. The molecule has 0 bridgehead atoms. The molecule has 8 heteroatoms. The Morgan fingerprint density at radius 2 is 1.53 bits per heavy atom. The number of sulfone groups is 1. The zero-order valence-electron chi connectivity index (χ0n) is 17.2. The van der Waals surface area contributed by atoms with E-state index in [1.54, 1.807) is 67.6 Å². The summed E-state index contributed by atoms with van der Waals surface area (Å²) in [6.45, 7) is 1.54. The summed E-state index contributed by atoms with van der Waals surface area (Å²) in [4.78, 5) is 6.23. The fraction of sp³-hybridized carbons (Fsp3) is 0.0833. The Morgan fingerprint density at radius 3 is 2.25 bits per heavy atom. The van der Waals surface area contributed by atoms with E-state index in [2.05, 4.69) is 20.2 Å². The van der Waals surface area contributed by atoms with Crippen molar-refractivity contribution in [2.75, 3.05) is 0 Å². The lowest BCUT2D eigenvalue weighted by atomic mass is 10.1. The highest BCUT2D eigenvalue weighted by Crippen LogP contribution is 2.37. The van der Waals surface area contributed by atoms with Crippen molar-refractivity contribution in [3.8, 4) is 17.4 Å². The molecule has 0 amide bonds. The van der Waals surface area contributed by atoms with Crippen LogP contribution in [0.1, 0.15) is 12.5 Å². The van der Waals surface area contributed by atoms with Gasteiger partial charge in [0.2, 0.25) is 20.7 Å². The standard InChI is InChI=1S/C24H20N4O3S/c1-24(17-10-4-2-5-11-17,32(29,30)18-12-6-3-7-13-18)31-22-16-21(27-28-22)23-25-19-14-8-9-15-20(19)26-23/h2-16H,1H3,(H,25,26)(H,27,28). The molecule has 1 unspecified atom stereocenters. The van der Waals surface area contributed by atoms with Gasteiger partial charge in [-0.2, -0.15) is 0 Å². The van der Waals surface area contributed by atoms with Crippen LogP contribution in [0.2, 0.25) is 0 Å². The number of para-hydroxylation sites is 2. The number of imidazole rings is 1. The van der Waals surface area contributed by atoms with Crippen molar-refractivity contribution in [3.05, 3.63) is 96.6 Å². The van der Waals surface area contributed by atoms with E-state index in [0.717, 1.165) is 11.0 Å². The highest BCUT2D eigenvalue weighted by Gasteiger charge is 2.45. The van der Waals surface area contributed by atoms with Gasteiger partial charge in [0.25, 0.3) is 0 Å². The van der Waals surface area contributed by atoms with Crippen LogP contribution in [-0.2, 0) is 14.8 Å². The summed E-state index contributed by atoms with van der Waals surface area (Å²) in [6.07, 6.45) is 0. The second kappa shape index (κ2) is 7.65. The maximum absolute atomic E-state index is 13.7. The zero-order valence-corrected chi connectivity index (χ0v) is 18.0. The second-order valence-electron chi connectivity index (χ2n) is 7.45. The summed E-state index contributed by atoms with van der Waals surface area (Å²) in [5.74, 6) is 0.729. The van der Waals surface area contributed by atoms with Gasteiger partial charge in [0.15, 0.2) is 5.82 Å². The van der Waals surface area contributed by atoms with Crippen molar-refractivity contribution < 1.29 is 13.2 Å². The van der Waals surface area contributed by atoms with Crippen LogP contribution < -0.4 is 4.74 Å². The van der Waals surface area contributed by atoms with Gasteiger partial charge >= 0.3 is 0 Å². The average molecular weight is 445 g/mol. The number of aromatic nitrogens is 4. The van der Waals surface area contributed by atoms with Gasteiger partial charge < -0.3 is 9.72 Å². The zero-order chi connectivity index (χ0) is 22.2. The number of rotatable bonds is 6. The number of benzene rings is 3. The highest BCUT2D eigenvalue weighted by molar-refractivity contribution is 7.92. The molecule has 2 N–H and O–H groups in total. The Balaban J connectivity index is 1.56. The first-order valence-corrected chi connectivity index (χ1v) is 11.5. The van der Waals surface area contributed by atoms with Gasteiger partial charge in [-0.15, -0.1) is 5.10 Å². The molecular weight excluding hydrogens is 424 g/mol. The molecule has 0 fully saturated rings. The minimum Gasteiger partial charge on any atom is -0.449 e. The Bertz CT molecular complexity index is 1440. The number of hydrogen-bond donors (Lipinski definition) is 2. The number of aromatic amines is 2. The molecular formula is C24H20N4O3S. The molecule has 2 heterocycles. The molecule has 0 aliphatic rings. The van der Waals surface area contributed by atoms with Crippen molar-refractivity contribution in [2.24, 2.45) is 0 Å². The Hall–Kier alpha value is -3.91. The minimum absolute atomic E-state index is 0.145. The predicted octanol–water partition coefficient (Wildman–Crippen LogP) is 4.68. The van der Waals surface area contributed by atoms with Crippen molar-refractivity contribution in [2.45, 2.75) is 16.8 Å². The lowest BCUT2D eigenvalue weighted by Gasteiger charge is -2.29. The molecule has 7 nitrogen and oxygen atoms in total. The highest BCUT2D eigenvalue weighted by atomic mass is 32.2. The van der Waals surface area contributed by atoms with E-state index in [4.69, 9.17) is 4.74 Å². The van der Waals surface area contributed by atoms with Crippen molar-refractivity contribution in [1.29, 1.82) is 0 Å². The van der Waals surface area contributed by atoms with Gasteiger partial charge in [-0.3, -0.25) is 5.10 Å². The summed E-state index contributed by atoms with van der Waals surface area (Å²) >= 11 is 0. The topological polar surface area (TPSA) is 101 Å². The molecule has 5 aromatic rings. The fourth-order valence-corrected chi connectivity index (χ4v) is 5.20. The summed E-state index contributed by atoms with van der Waals surface area (Å²) < 4.78 is 33.5. The number of ether oxygens (including phenoxy) is 1. The smallest absolute Gasteiger partial charge is 0.237 e. The average Bonchev–Trinajstić information content (AvgIpc) is 3.47. The molecule has 5 rings (SSSR count). The SMILES string of the molecule is CC(Oc1cc(-c2nc3ccccc3[nH]2)[nH]n1)(c1ccccc1)S(=O)(=O)c1ccccc1. The minimum atomic E-state index is -3.93. The number of hydrogen-bond acceptors (Lipinski definition) is 5. The summed E-state index contributed by atoms with van der Waals surface area (Å²) in [5, 5.41) is 7.09. The largest absolute Gasteiger partial charge is 0.449 e. The molecule has 1 atom stereocenters. The maximum atomic E-state index is 13.7. The number of nitrogens with zero attached hydrogens (tertiary/aromatic N) is 2. The Kier molecular flexibility index (Phi) is 4.79. The van der Waals surface area contributed by atoms with Crippen molar-refractivity contribution >= 4 is 20.9 Å². The molecule has 3 aromatic carbocycles. The lowest BCUT2D eigenvalue weighted by molar-refractivity contribution is 0.165. The third-order valence-electron chi connectivity index (χ3n) is 5.36. The molecule has 160 valence electrons. The van der Waals surface area contributed by atoms with E-state index in [9.17, 15) is 8.42 Å². The molecule has 0 saturated carbocycles. The van der Waals surface area contributed by atoms with E-state index in [1.165, 1.54) is 0 Å². The molecule has 0 aliphatic carbocycles. The number of fused-ring (bicyclic) bond motifs is 1. The van der Waals surface area contributed by atoms with Crippen LogP contribution in [0.3, 0.4) is 0 Å². The monoisotopic (exact) mass is 444 g/mol. The van der Waals surface area contributed by atoms with Crippen LogP contribution in [-0.4, -0.2) is 28.6 Å². The van der Waals surface area contributed by atoms with E-state index < -0.39 is 14.8 Å². The third kappa shape index (κ3) is 3.34. The third-order valence-corrected chi connectivity index (χ3v) is 7.60. The first-order chi connectivity index (χ1) is 15.5. The van der Waals surface area contributed by atoms with Gasteiger partial charge in [-0.25, -0.2) is 13.4 Å². The van der Waals surface area contributed by atoms with Gasteiger partial charge in [0, 0.05) is 11.6 Å². The Labute approximate surface area is 185 Å².